The van der Waals surface area contributed by atoms with E-state index < -0.39 is 0 Å². The standard InChI is InChI=1S/C29H51N/c1-3-5-6-7-8-10-25-11-15-26(16-12-25)27-19-21-29(23-30,22-20-27)28-17-13-24(9-4-2)14-18-28/h24-28H,3-22H2,1-2H3. The number of hydrogen-bond acceptors (Lipinski definition) is 1. The molecule has 0 saturated heterocycles. The van der Waals surface area contributed by atoms with Crippen molar-refractivity contribution in [3.05, 3.63) is 0 Å². The van der Waals surface area contributed by atoms with E-state index in [1.54, 1.807) is 0 Å². The van der Waals surface area contributed by atoms with Crippen LogP contribution >= 0.6 is 0 Å². The van der Waals surface area contributed by atoms with Gasteiger partial charge in [0.25, 0.3) is 0 Å². The zero-order valence-electron chi connectivity index (χ0n) is 20.5. The first kappa shape index (κ1) is 24.1. The summed E-state index contributed by atoms with van der Waals surface area (Å²) in [6, 6.07) is 2.90. The van der Waals surface area contributed by atoms with E-state index in [4.69, 9.17) is 0 Å². The molecule has 1 heteroatoms. The summed E-state index contributed by atoms with van der Waals surface area (Å²) >= 11 is 0. The molecule has 3 saturated carbocycles. The van der Waals surface area contributed by atoms with Gasteiger partial charge < -0.3 is 0 Å². The van der Waals surface area contributed by atoms with Gasteiger partial charge in [0.05, 0.1) is 11.5 Å². The Kier molecular flexibility index (Phi) is 10.1. The number of unbranched alkanes of at least 4 members (excludes halogenated alkanes) is 4. The molecule has 0 aromatic carbocycles. The quantitative estimate of drug-likeness (QED) is 0.327. The van der Waals surface area contributed by atoms with Crippen LogP contribution in [0.3, 0.4) is 0 Å². The first-order chi connectivity index (χ1) is 14.7. The lowest BCUT2D eigenvalue weighted by atomic mass is 9.57. The third kappa shape index (κ3) is 6.50. The summed E-state index contributed by atoms with van der Waals surface area (Å²) < 4.78 is 0. The molecule has 0 aromatic heterocycles. The highest BCUT2D eigenvalue weighted by atomic mass is 14.5. The second kappa shape index (κ2) is 12.5. The zero-order chi connectivity index (χ0) is 21.2. The van der Waals surface area contributed by atoms with Crippen molar-refractivity contribution in [3.63, 3.8) is 0 Å². The Balaban J connectivity index is 1.37. The fourth-order valence-corrected chi connectivity index (χ4v) is 7.63. The first-order valence-electron chi connectivity index (χ1n) is 14.1. The van der Waals surface area contributed by atoms with Gasteiger partial charge >= 0.3 is 0 Å². The molecule has 0 heterocycles. The molecule has 0 N–H and O–H groups in total. The van der Waals surface area contributed by atoms with Gasteiger partial charge in [0.2, 0.25) is 0 Å². The maximum absolute atomic E-state index is 10.2. The minimum atomic E-state index is 0.0450. The average Bonchev–Trinajstić information content (AvgIpc) is 2.80. The molecule has 0 radical (unpaired) electrons. The van der Waals surface area contributed by atoms with Crippen LogP contribution in [0.4, 0.5) is 0 Å². The Morgan fingerprint density at radius 1 is 0.633 bits per heavy atom. The van der Waals surface area contributed by atoms with Crippen LogP contribution in [0, 0.1) is 46.3 Å². The van der Waals surface area contributed by atoms with Crippen molar-refractivity contribution in [2.24, 2.45) is 35.0 Å². The van der Waals surface area contributed by atoms with Crippen molar-refractivity contribution in [3.8, 4) is 6.07 Å². The molecule has 0 aliphatic heterocycles. The summed E-state index contributed by atoms with van der Waals surface area (Å²) in [4.78, 5) is 0. The number of hydrogen-bond donors (Lipinski definition) is 0. The summed E-state index contributed by atoms with van der Waals surface area (Å²) in [6.07, 6.45) is 28.0. The van der Waals surface area contributed by atoms with E-state index in [1.165, 1.54) is 128 Å². The van der Waals surface area contributed by atoms with Gasteiger partial charge in [-0.3, -0.25) is 0 Å². The first-order valence-corrected chi connectivity index (χ1v) is 14.1. The maximum atomic E-state index is 10.2. The van der Waals surface area contributed by atoms with Crippen LogP contribution in [-0.2, 0) is 0 Å². The molecule has 0 aromatic rings. The predicted molar refractivity (Wildman–Crippen MR) is 129 cm³/mol. The van der Waals surface area contributed by atoms with Crippen molar-refractivity contribution in [2.75, 3.05) is 0 Å². The van der Waals surface area contributed by atoms with E-state index in [0.717, 1.165) is 23.7 Å². The minimum absolute atomic E-state index is 0.0450. The molecular weight excluding hydrogens is 362 g/mol. The van der Waals surface area contributed by atoms with Crippen molar-refractivity contribution in [1.82, 2.24) is 0 Å². The van der Waals surface area contributed by atoms with E-state index in [2.05, 4.69) is 19.9 Å². The normalized spacial score (nSPS) is 37.6. The highest BCUT2D eigenvalue weighted by Crippen LogP contribution is 2.52. The molecule has 0 amide bonds. The van der Waals surface area contributed by atoms with Crippen LogP contribution in [0.15, 0.2) is 0 Å². The molecule has 30 heavy (non-hydrogen) atoms. The van der Waals surface area contributed by atoms with Gasteiger partial charge in [0.15, 0.2) is 0 Å². The third-order valence-electron chi connectivity index (χ3n) is 9.74. The van der Waals surface area contributed by atoms with Crippen LogP contribution in [0.25, 0.3) is 0 Å². The van der Waals surface area contributed by atoms with Gasteiger partial charge in [-0.25, -0.2) is 0 Å². The van der Waals surface area contributed by atoms with Gasteiger partial charge in [-0.15, -0.1) is 0 Å². The van der Waals surface area contributed by atoms with Gasteiger partial charge in [0.1, 0.15) is 0 Å². The topological polar surface area (TPSA) is 23.8 Å². The van der Waals surface area contributed by atoms with E-state index in [0.29, 0.717) is 5.92 Å². The lowest BCUT2D eigenvalue weighted by molar-refractivity contribution is 0.0603. The molecule has 3 fully saturated rings. The molecule has 0 bridgehead atoms. The Hall–Kier alpha value is -0.510. The minimum Gasteiger partial charge on any atom is -0.198 e. The fourth-order valence-electron chi connectivity index (χ4n) is 7.63. The van der Waals surface area contributed by atoms with Gasteiger partial charge in [-0.05, 0) is 81.0 Å². The number of nitriles is 1. The maximum Gasteiger partial charge on any atom is 0.0692 e. The Bertz CT molecular complexity index is 493. The summed E-state index contributed by atoms with van der Waals surface area (Å²) in [5, 5.41) is 10.2. The molecule has 0 unspecified atom stereocenters. The highest BCUT2D eigenvalue weighted by molar-refractivity contribution is 5.06. The predicted octanol–water partition coefficient (Wildman–Crippen LogP) is 9.46. The van der Waals surface area contributed by atoms with Crippen molar-refractivity contribution < 1.29 is 0 Å². The average molecular weight is 414 g/mol. The van der Waals surface area contributed by atoms with Crippen LogP contribution < -0.4 is 0 Å². The Labute approximate surface area is 188 Å². The zero-order valence-corrected chi connectivity index (χ0v) is 20.5. The molecule has 0 spiro atoms. The number of nitrogens with zero attached hydrogens (tertiary/aromatic N) is 1. The SMILES string of the molecule is CCCCCCCC1CCC(C2CCC(C#N)(C3CCC(CCC)CC3)CC2)CC1. The molecule has 0 atom stereocenters. The van der Waals surface area contributed by atoms with Crippen LogP contribution in [0.1, 0.15) is 142 Å². The van der Waals surface area contributed by atoms with Crippen LogP contribution in [0.5, 0.6) is 0 Å². The van der Waals surface area contributed by atoms with Gasteiger partial charge in [0, 0.05) is 0 Å². The number of rotatable bonds is 10. The smallest absolute Gasteiger partial charge is 0.0692 e. The van der Waals surface area contributed by atoms with Crippen LogP contribution in [0.2, 0.25) is 0 Å². The summed E-state index contributed by atoms with van der Waals surface area (Å²) in [7, 11) is 0. The van der Waals surface area contributed by atoms with Crippen molar-refractivity contribution >= 4 is 0 Å². The molecule has 1 nitrogen and oxygen atoms in total. The molecule has 3 aliphatic rings. The van der Waals surface area contributed by atoms with Gasteiger partial charge in [-0.2, -0.15) is 5.26 Å². The molecule has 172 valence electrons. The Morgan fingerprint density at radius 3 is 1.80 bits per heavy atom. The summed E-state index contributed by atoms with van der Waals surface area (Å²) in [5.41, 5.74) is 0.0450. The fraction of sp³-hybridized carbons (Fsp3) is 0.966. The van der Waals surface area contributed by atoms with Crippen molar-refractivity contribution in [2.45, 2.75) is 142 Å². The summed E-state index contributed by atoms with van der Waals surface area (Å²) in [6.45, 7) is 4.64. The second-order valence-electron chi connectivity index (χ2n) is 11.6. The molecule has 3 rings (SSSR count). The molecular formula is C29H51N. The third-order valence-corrected chi connectivity index (χ3v) is 9.74. The molecule has 3 aliphatic carbocycles. The van der Waals surface area contributed by atoms with Crippen molar-refractivity contribution in [1.29, 1.82) is 5.26 Å². The van der Waals surface area contributed by atoms with E-state index in [-0.39, 0.29) is 5.41 Å². The largest absolute Gasteiger partial charge is 0.198 e. The lowest BCUT2D eigenvalue weighted by Crippen LogP contribution is -2.38. The van der Waals surface area contributed by atoms with Crippen LogP contribution in [-0.4, -0.2) is 0 Å². The monoisotopic (exact) mass is 413 g/mol. The van der Waals surface area contributed by atoms with E-state index in [1.807, 2.05) is 0 Å². The van der Waals surface area contributed by atoms with Gasteiger partial charge in [-0.1, -0.05) is 90.9 Å². The second-order valence-corrected chi connectivity index (χ2v) is 11.6. The van der Waals surface area contributed by atoms with E-state index in [9.17, 15) is 5.26 Å². The van der Waals surface area contributed by atoms with E-state index >= 15 is 0 Å². The highest BCUT2D eigenvalue weighted by Gasteiger charge is 2.44. The Morgan fingerprint density at radius 2 is 1.20 bits per heavy atom. The summed E-state index contributed by atoms with van der Waals surface area (Å²) in [5.74, 6) is 4.62. The lowest BCUT2D eigenvalue weighted by Gasteiger charge is -2.46.